The predicted octanol–water partition coefficient (Wildman–Crippen LogP) is 16.2. The van der Waals surface area contributed by atoms with Crippen molar-refractivity contribution in [2.75, 3.05) is 19.8 Å². The zero-order valence-electron chi connectivity index (χ0n) is 37.7. The lowest BCUT2D eigenvalue weighted by atomic mass is 10.0. The maximum absolute atomic E-state index is 12.6. The van der Waals surface area contributed by atoms with Gasteiger partial charge in [-0.15, -0.1) is 0 Å². The van der Waals surface area contributed by atoms with E-state index in [0.717, 1.165) is 51.4 Å². The number of hydrogen-bond acceptors (Lipinski definition) is 5. The van der Waals surface area contributed by atoms with Crippen molar-refractivity contribution in [2.45, 2.75) is 258 Å². The minimum Gasteiger partial charge on any atom is -0.462 e. The van der Waals surface area contributed by atoms with Crippen LogP contribution >= 0.6 is 0 Å². The third-order valence-electron chi connectivity index (χ3n) is 10.7. The average Bonchev–Trinajstić information content (AvgIpc) is 3.20. The lowest BCUT2D eigenvalue weighted by molar-refractivity contribution is -0.163. The maximum Gasteiger partial charge on any atom is 0.306 e. The molecule has 0 aromatic carbocycles. The second-order valence-electron chi connectivity index (χ2n) is 16.4. The normalized spacial score (nSPS) is 12.4. The summed E-state index contributed by atoms with van der Waals surface area (Å²) < 4.78 is 17.3. The Hall–Kier alpha value is -1.88. The predicted molar refractivity (Wildman–Crippen MR) is 242 cm³/mol. The summed E-state index contributed by atoms with van der Waals surface area (Å²) in [6, 6.07) is 0. The first-order valence-electron chi connectivity index (χ1n) is 24.5. The van der Waals surface area contributed by atoms with Gasteiger partial charge < -0.3 is 14.2 Å². The molecular weight excluding hydrogens is 693 g/mol. The van der Waals surface area contributed by atoms with Crippen molar-refractivity contribution in [1.29, 1.82) is 0 Å². The van der Waals surface area contributed by atoms with E-state index in [4.69, 9.17) is 14.2 Å². The highest BCUT2D eigenvalue weighted by atomic mass is 16.6. The molecule has 0 aliphatic rings. The largest absolute Gasteiger partial charge is 0.462 e. The highest BCUT2D eigenvalue weighted by Gasteiger charge is 2.17. The van der Waals surface area contributed by atoms with Gasteiger partial charge in [0.05, 0.1) is 6.61 Å². The van der Waals surface area contributed by atoms with E-state index in [0.29, 0.717) is 19.4 Å². The summed E-state index contributed by atoms with van der Waals surface area (Å²) in [4.78, 5) is 25.2. The number of rotatable bonds is 45. The highest BCUT2D eigenvalue weighted by Crippen LogP contribution is 2.15. The molecule has 0 aromatic rings. The molecule has 1 atom stereocenters. The van der Waals surface area contributed by atoms with Crippen molar-refractivity contribution in [2.24, 2.45) is 0 Å². The van der Waals surface area contributed by atoms with Crippen molar-refractivity contribution in [1.82, 2.24) is 0 Å². The van der Waals surface area contributed by atoms with E-state index in [-0.39, 0.29) is 25.2 Å². The molecule has 0 heterocycles. The van der Waals surface area contributed by atoms with Gasteiger partial charge in [0.2, 0.25) is 0 Å². The van der Waals surface area contributed by atoms with Crippen LogP contribution in [0, 0.1) is 0 Å². The van der Waals surface area contributed by atoms with Crippen LogP contribution in [0.5, 0.6) is 0 Å². The second kappa shape index (κ2) is 47.5. The van der Waals surface area contributed by atoms with Crippen LogP contribution < -0.4 is 0 Å². The SMILES string of the molecule is CCCCC/C=C\C/C=C\C/C=C\CCCCCCCCCOCC(COC(=O)CCCCCCCCCCCCCCC)OC(=O)CCCCCCCCC. The third kappa shape index (κ3) is 44.8. The zero-order valence-corrected chi connectivity index (χ0v) is 37.7. The summed E-state index contributed by atoms with van der Waals surface area (Å²) >= 11 is 0. The number of carbonyl (C=O) groups is 2. The minimum atomic E-state index is -0.532. The van der Waals surface area contributed by atoms with Crippen LogP contribution in [0.2, 0.25) is 0 Å². The van der Waals surface area contributed by atoms with Crippen molar-refractivity contribution in [3.8, 4) is 0 Å². The van der Waals surface area contributed by atoms with Crippen LogP contribution in [0.1, 0.15) is 252 Å². The van der Waals surface area contributed by atoms with E-state index in [9.17, 15) is 9.59 Å². The summed E-state index contributed by atoms with van der Waals surface area (Å²) in [6.45, 7) is 7.77. The van der Waals surface area contributed by atoms with Crippen LogP contribution in [0.4, 0.5) is 0 Å². The Morgan fingerprint density at radius 2 is 0.750 bits per heavy atom. The van der Waals surface area contributed by atoms with Crippen molar-refractivity contribution in [3.05, 3.63) is 36.5 Å². The fraction of sp³-hybridized carbons (Fsp3) is 0.843. The summed E-state index contributed by atoms with van der Waals surface area (Å²) in [7, 11) is 0. The van der Waals surface area contributed by atoms with Gasteiger partial charge in [0.1, 0.15) is 6.61 Å². The molecule has 0 spiro atoms. The van der Waals surface area contributed by atoms with Gasteiger partial charge in [-0.1, -0.05) is 218 Å². The lowest BCUT2D eigenvalue weighted by Crippen LogP contribution is -2.30. The molecular formula is C51H94O5. The van der Waals surface area contributed by atoms with Crippen molar-refractivity contribution in [3.63, 3.8) is 0 Å². The van der Waals surface area contributed by atoms with Crippen LogP contribution in [0.25, 0.3) is 0 Å². The molecule has 328 valence electrons. The monoisotopic (exact) mass is 787 g/mol. The maximum atomic E-state index is 12.6. The second-order valence-corrected chi connectivity index (χ2v) is 16.4. The Labute approximate surface area is 349 Å². The van der Waals surface area contributed by atoms with Crippen LogP contribution in [-0.2, 0) is 23.8 Å². The molecule has 0 bridgehead atoms. The van der Waals surface area contributed by atoms with Crippen molar-refractivity contribution < 1.29 is 23.8 Å². The molecule has 0 saturated heterocycles. The lowest BCUT2D eigenvalue weighted by Gasteiger charge is -2.18. The Balaban J connectivity index is 4.11. The highest BCUT2D eigenvalue weighted by molar-refractivity contribution is 5.70. The van der Waals surface area contributed by atoms with Gasteiger partial charge in [-0.25, -0.2) is 0 Å². The molecule has 5 heteroatoms. The molecule has 0 aliphatic heterocycles. The fourth-order valence-electron chi connectivity index (χ4n) is 6.99. The number of esters is 2. The fourth-order valence-corrected chi connectivity index (χ4v) is 6.99. The Kier molecular flexibility index (Phi) is 45.9. The first-order chi connectivity index (χ1) is 27.6. The molecule has 0 fully saturated rings. The summed E-state index contributed by atoms with van der Waals surface area (Å²) in [5.41, 5.74) is 0. The van der Waals surface area contributed by atoms with E-state index in [1.165, 1.54) is 167 Å². The van der Waals surface area contributed by atoms with Crippen LogP contribution in [0.3, 0.4) is 0 Å². The number of ether oxygens (including phenoxy) is 3. The molecule has 0 rings (SSSR count). The first kappa shape index (κ1) is 54.1. The quantitative estimate of drug-likeness (QED) is 0.0349. The van der Waals surface area contributed by atoms with Crippen molar-refractivity contribution >= 4 is 11.9 Å². The van der Waals surface area contributed by atoms with Gasteiger partial charge in [-0.05, 0) is 57.8 Å². The van der Waals surface area contributed by atoms with Gasteiger partial charge in [0, 0.05) is 19.4 Å². The standard InChI is InChI=1S/C51H94O5/c1-4-7-10-13-16-18-20-22-23-24-25-26-27-28-30-32-34-37-40-43-46-54-47-49(56-51(53)45-42-39-35-15-12-9-6-3)48-55-50(52)44-41-38-36-33-31-29-21-19-17-14-11-8-5-2/h16,18,22-23,25-26,49H,4-15,17,19-21,24,27-48H2,1-3H3/b18-16-,23-22-,26-25-. The molecule has 0 saturated carbocycles. The van der Waals surface area contributed by atoms with Gasteiger partial charge >= 0.3 is 11.9 Å². The minimum absolute atomic E-state index is 0.0861. The molecule has 0 aliphatic carbocycles. The topological polar surface area (TPSA) is 61.8 Å². The molecule has 0 amide bonds. The third-order valence-corrected chi connectivity index (χ3v) is 10.7. The van der Waals surface area contributed by atoms with E-state index in [1.807, 2.05) is 0 Å². The number of unbranched alkanes of at least 4 members (excludes halogenated alkanes) is 28. The summed E-state index contributed by atoms with van der Waals surface area (Å²) in [5, 5.41) is 0. The Morgan fingerprint density at radius 1 is 0.393 bits per heavy atom. The van der Waals surface area contributed by atoms with Gasteiger partial charge in [0.25, 0.3) is 0 Å². The Morgan fingerprint density at radius 3 is 1.23 bits per heavy atom. The molecule has 0 radical (unpaired) electrons. The zero-order chi connectivity index (χ0) is 40.7. The Bertz CT molecular complexity index is 893. The van der Waals surface area contributed by atoms with E-state index >= 15 is 0 Å². The molecule has 5 nitrogen and oxygen atoms in total. The number of allylic oxidation sites excluding steroid dienone is 6. The smallest absolute Gasteiger partial charge is 0.306 e. The van der Waals surface area contributed by atoms with Gasteiger partial charge in [-0.3, -0.25) is 9.59 Å². The van der Waals surface area contributed by atoms with E-state index in [1.54, 1.807) is 0 Å². The molecule has 56 heavy (non-hydrogen) atoms. The number of carbonyl (C=O) groups excluding carboxylic acids is 2. The van der Waals surface area contributed by atoms with Crippen LogP contribution in [-0.4, -0.2) is 37.9 Å². The summed E-state index contributed by atoms with van der Waals surface area (Å²) in [6.07, 6.45) is 55.8. The molecule has 1 unspecified atom stereocenters. The molecule has 0 aromatic heterocycles. The van der Waals surface area contributed by atoms with E-state index in [2.05, 4.69) is 57.2 Å². The number of hydrogen-bond donors (Lipinski definition) is 0. The first-order valence-corrected chi connectivity index (χ1v) is 24.5. The summed E-state index contributed by atoms with van der Waals surface area (Å²) in [5.74, 6) is -0.398. The van der Waals surface area contributed by atoms with Gasteiger partial charge in [0.15, 0.2) is 6.10 Å². The molecule has 0 N–H and O–H groups in total. The average molecular weight is 787 g/mol. The van der Waals surface area contributed by atoms with Gasteiger partial charge in [-0.2, -0.15) is 0 Å². The van der Waals surface area contributed by atoms with Crippen LogP contribution in [0.15, 0.2) is 36.5 Å². The van der Waals surface area contributed by atoms with E-state index < -0.39 is 6.10 Å².